The molecule has 3 N–H and O–H groups in total. The fourth-order valence-corrected chi connectivity index (χ4v) is 0.448. The summed E-state index contributed by atoms with van der Waals surface area (Å²) in [7, 11) is 0. The van der Waals surface area contributed by atoms with Gasteiger partial charge in [-0.15, -0.1) is 0 Å². The standard InChI is InChI=1S/C5H10FNO2/c6-2-4(3-7)1-5(8)9/h4H,1-3,7H2,(H,8,9). The van der Waals surface area contributed by atoms with Crippen LogP contribution in [0.25, 0.3) is 0 Å². The summed E-state index contributed by atoms with van der Waals surface area (Å²) in [5.41, 5.74) is 5.03. The molecular weight excluding hydrogens is 125 g/mol. The van der Waals surface area contributed by atoms with Gasteiger partial charge in [-0.3, -0.25) is 9.18 Å². The molecule has 0 aliphatic rings. The smallest absolute Gasteiger partial charge is 0.303 e. The minimum absolute atomic E-state index is 0.100. The Morgan fingerprint density at radius 1 is 1.78 bits per heavy atom. The largest absolute Gasteiger partial charge is 0.481 e. The van der Waals surface area contributed by atoms with Crippen molar-refractivity contribution in [2.45, 2.75) is 6.42 Å². The molecule has 0 saturated carbocycles. The van der Waals surface area contributed by atoms with Crippen molar-refractivity contribution in [2.24, 2.45) is 11.7 Å². The molecule has 0 amide bonds. The molecule has 0 bridgehead atoms. The van der Waals surface area contributed by atoms with Crippen LogP contribution in [0, 0.1) is 5.92 Å². The van der Waals surface area contributed by atoms with Gasteiger partial charge in [-0.25, -0.2) is 0 Å². The third kappa shape index (κ3) is 3.90. The predicted octanol–water partition coefficient (Wildman–Crippen LogP) is 0.00550. The number of carboxylic acids is 1. The summed E-state index contributed by atoms with van der Waals surface area (Å²) >= 11 is 0. The highest BCUT2D eigenvalue weighted by Crippen LogP contribution is 2.00. The number of aliphatic carboxylic acids is 1. The highest BCUT2D eigenvalue weighted by molar-refractivity contribution is 5.67. The van der Waals surface area contributed by atoms with Crippen molar-refractivity contribution >= 4 is 5.97 Å². The maximum atomic E-state index is 11.7. The van der Waals surface area contributed by atoms with Crippen LogP contribution in [0.2, 0.25) is 0 Å². The van der Waals surface area contributed by atoms with Gasteiger partial charge < -0.3 is 10.8 Å². The van der Waals surface area contributed by atoms with E-state index in [4.69, 9.17) is 10.8 Å². The lowest BCUT2D eigenvalue weighted by atomic mass is 10.1. The van der Waals surface area contributed by atoms with E-state index in [-0.39, 0.29) is 13.0 Å². The van der Waals surface area contributed by atoms with Crippen LogP contribution < -0.4 is 5.73 Å². The Morgan fingerprint density at radius 2 is 2.33 bits per heavy atom. The molecule has 0 saturated heterocycles. The molecule has 1 unspecified atom stereocenters. The second kappa shape index (κ2) is 4.26. The second-order valence-corrected chi connectivity index (χ2v) is 1.85. The Hall–Kier alpha value is -0.640. The second-order valence-electron chi connectivity index (χ2n) is 1.85. The maximum Gasteiger partial charge on any atom is 0.303 e. The molecular formula is C5H10FNO2. The number of hydrogen-bond acceptors (Lipinski definition) is 2. The van der Waals surface area contributed by atoms with E-state index < -0.39 is 18.6 Å². The molecule has 0 aliphatic heterocycles. The van der Waals surface area contributed by atoms with Crippen LogP contribution in [-0.2, 0) is 4.79 Å². The SMILES string of the molecule is NCC(CF)CC(=O)O. The minimum atomic E-state index is -0.997. The molecule has 0 aromatic carbocycles. The normalized spacial score (nSPS) is 13.1. The summed E-state index contributed by atoms with van der Waals surface area (Å²) in [5, 5.41) is 8.12. The first-order valence-electron chi connectivity index (χ1n) is 2.68. The molecule has 0 rings (SSSR count). The van der Waals surface area contributed by atoms with Gasteiger partial charge in [-0.05, 0) is 6.54 Å². The fraction of sp³-hybridized carbons (Fsp3) is 0.800. The molecule has 0 aliphatic carbocycles. The number of alkyl halides is 1. The zero-order chi connectivity index (χ0) is 7.28. The first-order valence-corrected chi connectivity index (χ1v) is 2.68. The maximum absolute atomic E-state index is 11.7. The van der Waals surface area contributed by atoms with Crippen LogP contribution in [-0.4, -0.2) is 24.3 Å². The lowest BCUT2D eigenvalue weighted by molar-refractivity contribution is -0.138. The van der Waals surface area contributed by atoms with E-state index in [2.05, 4.69) is 0 Å². The highest BCUT2D eigenvalue weighted by Gasteiger charge is 2.09. The van der Waals surface area contributed by atoms with Crippen molar-refractivity contribution in [1.82, 2.24) is 0 Å². The summed E-state index contributed by atoms with van der Waals surface area (Å²) < 4.78 is 11.7. The van der Waals surface area contributed by atoms with Gasteiger partial charge in [0.2, 0.25) is 0 Å². The molecule has 9 heavy (non-hydrogen) atoms. The van der Waals surface area contributed by atoms with Gasteiger partial charge in [-0.2, -0.15) is 0 Å². The van der Waals surface area contributed by atoms with Crippen molar-refractivity contribution in [3.63, 3.8) is 0 Å². The molecule has 1 atom stereocenters. The predicted molar refractivity (Wildman–Crippen MR) is 30.8 cm³/mol. The quantitative estimate of drug-likeness (QED) is 0.570. The minimum Gasteiger partial charge on any atom is -0.481 e. The zero-order valence-electron chi connectivity index (χ0n) is 5.01. The van der Waals surface area contributed by atoms with Crippen LogP contribution in [0.15, 0.2) is 0 Å². The third-order valence-corrected chi connectivity index (χ3v) is 1.01. The zero-order valence-corrected chi connectivity index (χ0v) is 5.01. The van der Waals surface area contributed by atoms with Crippen LogP contribution >= 0.6 is 0 Å². The van der Waals surface area contributed by atoms with Crippen LogP contribution in [0.5, 0.6) is 0 Å². The van der Waals surface area contributed by atoms with Gasteiger partial charge in [0.25, 0.3) is 0 Å². The summed E-state index contributed by atoms with van der Waals surface area (Å²) in [5.74, 6) is -1.51. The van der Waals surface area contributed by atoms with Crippen molar-refractivity contribution in [3.8, 4) is 0 Å². The number of rotatable bonds is 4. The van der Waals surface area contributed by atoms with Gasteiger partial charge in [0.15, 0.2) is 0 Å². The van der Waals surface area contributed by atoms with Gasteiger partial charge in [0.05, 0.1) is 13.1 Å². The van der Waals surface area contributed by atoms with Crippen molar-refractivity contribution in [2.75, 3.05) is 13.2 Å². The number of hydrogen-bond donors (Lipinski definition) is 2. The van der Waals surface area contributed by atoms with Gasteiger partial charge in [0, 0.05) is 5.92 Å². The Bertz CT molecular complexity index is 93.0. The van der Waals surface area contributed by atoms with E-state index in [1.165, 1.54) is 0 Å². The van der Waals surface area contributed by atoms with Gasteiger partial charge >= 0.3 is 5.97 Å². The van der Waals surface area contributed by atoms with Gasteiger partial charge in [-0.1, -0.05) is 0 Å². The van der Waals surface area contributed by atoms with Crippen molar-refractivity contribution < 1.29 is 14.3 Å². The number of carboxylic acid groups (broad SMARTS) is 1. The van der Waals surface area contributed by atoms with Crippen molar-refractivity contribution in [3.05, 3.63) is 0 Å². The molecule has 3 nitrogen and oxygen atoms in total. The third-order valence-electron chi connectivity index (χ3n) is 1.01. The molecule has 0 aromatic heterocycles. The molecule has 0 spiro atoms. The van der Waals surface area contributed by atoms with Crippen LogP contribution in [0.4, 0.5) is 4.39 Å². The molecule has 0 aromatic rings. The Balaban J connectivity index is 3.43. The molecule has 0 fully saturated rings. The van der Waals surface area contributed by atoms with Crippen molar-refractivity contribution in [1.29, 1.82) is 0 Å². The summed E-state index contributed by atoms with van der Waals surface area (Å²) in [6.45, 7) is -0.550. The van der Waals surface area contributed by atoms with E-state index in [0.29, 0.717) is 0 Å². The first kappa shape index (κ1) is 8.36. The molecule has 54 valence electrons. The van der Waals surface area contributed by atoms with E-state index in [9.17, 15) is 9.18 Å². The van der Waals surface area contributed by atoms with Crippen LogP contribution in [0.3, 0.4) is 0 Å². The van der Waals surface area contributed by atoms with E-state index >= 15 is 0 Å². The highest BCUT2D eigenvalue weighted by atomic mass is 19.1. The fourth-order valence-electron chi connectivity index (χ4n) is 0.448. The number of carbonyl (C=O) groups is 1. The monoisotopic (exact) mass is 135 g/mol. The van der Waals surface area contributed by atoms with E-state index in [1.54, 1.807) is 0 Å². The summed E-state index contributed by atoms with van der Waals surface area (Å²) in [6, 6.07) is 0. The molecule has 0 heterocycles. The number of nitrogens with two attached hydrogens (primary N) is 1. The van der Waals surface area contributed by atoms with Gasteiger partial charge in [0.1, 0.15) is 0 Å². The average molecular weight is 135 g/mol. The van der Waals surface area contributed by atoms with Crippen LogP contribution in [0.1, 0.15) is 6.42 Å². The number of halogens is 1. The summed E-state index contributed by atoms with van der Waals surface area (Å²) in [6.07, 6.45) is -0.174. The average Bonchev–Trinajstić information content (AvgIpc) is 1.82. The Kier molecular flexibility index (Phi) is 3.96. The topological polar surface area (TPSA) is 63.3 Å². The lowest BCUT2D eigenvalue weighted by Gasteiger charge is -2.04. The lowest BCUT2D eigenvalue weighted by Crippen LogP contribution is -2.19. The first-order chi connectivity index (χ1) is 4.20. The molecule has 4 heteroatoms. The Morgan fingerprint density at radius 3 is 2.44 bits per heavy atom. The van der Waals surface area contributed by atoms with E-state index in [1.807, 2.05) is 0 Å². The molecule has 0 radical (unpaired) electrons. The Labute approximate surface area is 52.7 Å². The van der Waals surface area contributed by atoms with E-state index in [0.717, 1.165) is 0 Å². The summed E-state index contributed by atoms with van der Waals surface area (Å²) in [4.78, 5) is 9.91.